The zero-order chi connectivity index (χ0) is 17.1. The van der Waals surface area contributed by atoms with E-state index in [1.165, 1.54) is 6.07 Å². The van der Waals surface area contributed by atoms with Crippen molar-refractivity contribution in [1.82, 2.24) is 9.78 Å². The Bertz CT molecular complexity index is 872. The van der Waals surface area contributed by atoms with Crippen molar-refractivity contribution >= 4 is 11.4 Å². The summed E-state index contributed by atoms with van der Waals surface area (Å²) in [5, 5.41) is 19.0. The Morgan fingerprint density at radius 1 is 1.17 bits per heavy atom. The van der Waals surface area contributed by atoms with Gasteiger partial charge in [0.2, 0.25) is 0 Å². The summed E-state index contributed by atoms with van der Waals surface area (Å²) in [6.07, 6.45) is 1.93. The van der Waals surface area contributed by atoms with Crippen LogP contribution in [0.15, 0.2) is 54.7 Å². The average molecular weight is 322 g/mol. The summed E-state index contributed by atoms with van der Waals surface area (Å²) in [6, 6.07) is 15.0. The van der Waals surface area contributed by atoms with E-state index in [1.54, 1.807) is 10.7 Å². The molecule has 0 atom stereocenters. The lowest BCUT2D eigenvalue weighted by Crippen LogP contribution is -2.04. The van der Waals surface area contributed by atoms with E-state index in [-0.39, 0.29) is 10.6 Å². The first kappa shape index (κ1) is 15.7. The highest BCUT2D eigenvalue weighted by molar-refractivity contribution is 5.68. The number of nitrogens with zero attached hydrogens (tertiary/aromatic N) is 3. The molecular weight excluding hydrogens is 304 g/mol. The summed E-state index contributed by atoms with van der Waals surface area (Å²) in [7, 11) is 1.87. The fourth-order valence-corrected chi connectivity index (χ4v) is 2.72. The van der Waals surface area contributed by atoms with Crippen molar-refractivity contribution in [1.29, 1.82) is 0 Å². The van der Waals surface area contributed by atoms with Crippen molar-refractivity contribution in [2.45, 2.75) is 13.5 Å². The van der Waals surface area contributed by atoms with Gasteiger partial charge >= 0.3 is 0 Å². The minimum Gasteiger partial charge on any atom is -0.375 e. The van der Waals surface area contributed by atoms with Gasteiger partial charge in [0, 0.05) is 37.0 Å². The van der Waals surface area contributed by atoms with Crippen LogP contribution in [0.25, 0.3) is 11.3 Å². The number of hydrogen-bond acceptors (Lipinski definition) is 4. The van der Waals surface area contributed by atoms with Crippen LogP contribution in [0.3, 0.4) is 0 Å². The lowest BCUT2D eigenvalue weighted by molar-refractivity contribution is -0.384. The number of hydrogen-bond donors (Lipinski definition) is 1. The van der Waals surface area contributed by atoms with Crippen molar-refractivity contribution in [3.8, 4) is 11.3 Å². The van der Waals surface area contributed by atoms with Crippen molar-refractivity contribution in [2.24, 2.45) is 7.05 Å². The molecule has 2 aromatic carbocycles. The number of nitrogens with one attached hydrogen (secondary N) is 1. The lowest BCUT2D eigenvalue weighted by Gasteiger charge is -2.10. The summed E-state index contributed by atoms with van der Waals surface area (Å²) in [5.41, 5.74) is 4.36. The molecule has 1 N–H and O–H groups in total. The monoisotopic (exact) mass is 322 g/mol. The summed E-state index contributed by atoms with van der Waals surface area (Å²) in [4.78, 5) is 10.9. The van der Waals surface area contributed by atoms with Gasteiger partial charge < -0.3 is 5.32 Å². The van der Waals surface area contributed by atoms with E-state index >= 15 is 0 Å². The second-order valence-corrected chi connectivity index (χ2v) is 5.62. The molecule has 0 aliphatic heterocycles. The van der Waals surface area contributed by atoms with E-state index in [2.05, 4.69) is 10.4 Å². The maximum absolute atomic E-state index is 11.2. The lowest BCUT2D eigenvalue weighted by atomic mass is 10.1. The molecule has 122 valence electrons. The smallest absolute Gasteiger partial charge is 0.292 e. The van der Waals surface area contributed by atoms with Gasteiger partial charge in [-0.25, -0.2) is 0 Å². The number of anilines is 1. The zero-order valence-electron chi connectivity index (χ0n) is 13.6. The zero-order valence-corrected chi connectivity index (χ0v) is 13.6. The van der Waals surface area contributed by atoms with E-state index in [9.17, 15) is 10.1 Å². The van der Waals surface area contributed by atoms with Crippen LogP contribution in [0, 0.1) is 17.0 Å². The summed E-state index contributed by atoms with van der Waals surface area (Å²) in [5.74, 6) is 0. The maximum Gasteiger partial charge on any atom is 0.292 e. The molecule has 3 rings (SSSR count). The second-order valence-electron chi connectivity index (χ2n) is 5.62. The first-order chi connectivity index (χ1) is 11.6. The molecule has 0 spiro atoms. The first-order valence-electron chi connectivity index (χ1n) is 7.62. The van der Waals surface area contributed by atoms with Crippen molar-refractivity contribution in [3.63, 3.8) is 0 Å². The third kappa shape index (κ3) is 3.12. The van der Waals surface area contributed by atoms with Crippen LogP contribution in [-0.2, 0) is 13.6 Å². The van der Waals surface area contributed by atoms with E-state index in [0.717, 1.165) is 22.4 Å². The van der Waals surface area contributed by atoms with E-state index < -0.39 is 0 Å². The van der Waals surface area contributed by atoms with Crippen molar-refractivity contribution in [3.05, 3.63) is 76.0 Å². The molecule has 3 aromatic rings. The van der Waals surface area contributed by atoms with Crippen LogP contribution in [0.2, 0.25) is 0 Å². The minimum absolute atomic E-state index is 0.0835. The van der Waals surface area contributed by atoms with Crippen LogP contribution < -0.4 is 5.32 Å². The molecule has 1 heterocycles. The molecular formula is C18H18N4O2. The number of para-hydroxylation sites is 1. The Labute approximate surface area is 139 Å². The van der Waals surface area contributed by atoms with Crippen LogP contribution >= 0.6 is 0 Å². The Morgan fingerprint density at radius 2 is 1.92 bits per heavy atom. The highest BCUT2D eigenvalue weighted by Gasteiger charge is 2.16. The number of aryl methyl sites for hydroxylation is 2. The molecule has 0 aliphatic carbocycles. The Hall–Kier alpha value is -3.15. The van der Waals surface area contributed by atoms with Gasteiger partial charge in [-0.05, 0) is 12.5 Å². The summed E-state index contributed by atoms with van der Waals surface area (Å²) >= 11 is 0. The van der Waals surface area contributed by atoms with Crippen LogP contribution in [-0.4, -0.2) is 14.7 Å². The molecule has 0 unspecified atom stereocenters. The standard InChI is InChI=1S/C18H18N4O2/c1-13-7-6-10-16(22(23)24)17(13)19-11-15-12-21(2)20-18(15)14-8-4-3-5-9-14/h3-10,12,19H,11H2,1-2H3. The van der Waals surface area contributed by atoms with Crippen LogP contribution in [0.1, 0.15) is 11.1 Å². The third-order valence-electron chi connectivity index (χ3n) is 3.85. The topological polar surface area (TPSA) is 73.0 Å². The summed E-state index contributed by atoms with van der Waals surface area (Å²) in [6.45, 7) is 2.32. The SMILES string of the molecule is Cc1cccc([N+](=O)[O-])c1NCc1cn(C)nc1-c1ccccc1. The van der Waals surface area contributed by atoms with Crippen molar-refractivity contribution < 1.29 is 4.92 Å². The number of aromatic nitrogens is 2. The highest BCUT2D eigenvalue weighted by Crippen LogP contribution is 2.29. The molecule has 24 heavy (non-hydrogen) atoms. The molecule has 1 aromatic heterocycles. The molecule has 0 fully saturated rings. The quantitative estimate of drug-likeness (QED) is 0.571. The summed E-state index contributed by atoms with van der Waals surface area (Å²) < 4.78 is 1.76. The molecule has 6 heteroatoms. The van der Waals surface area contributed by atoms with Gasteiger partial charge in [0.15, 0.2) is 0 Å². The van der Waals surface area contributed by atoms with Gasteiger partial charge in [-0.15, -0.1) is 0 Å². The van der Waals surface area contributed by atoms with Gasteiger partial charge in [-0.1, -0.05) is 42.5 Å². The molecule has 0 amide bonds. The van der Waals surface area contributed by atoms with Gasteiger partial charge in [-0.3, -0.25) is 14.8 Å². The fourth-order valence-electron chi connectivity index (χ4n) is 2.72. The minimum atomic E-state index is -0.364. The largest absolute Gasteiger partial charge is 0.375 e. The fraction of sp³-hybridized carbons (Fsp3) is 0.167. The van der Waals surface area contributed by atoms with E-state index in [4.69, 9.17) is 0 Å². The van der Waals surface area contributed by atoms with Crippen LogP contribution in [0.4, 0.5) is 11.4 Å². The van der Waals surface area contributed by atoms with E-state index in [1.807, 2.05) is 56.6 Å². The third-order valence-corrected chi connectivity index (χ3v) is 3.85. The predicted octanol–water partition coefficient (Wildman–Crippen LogP) is 3.92. The predicted molar refractivity (Wildman–Crippen MR) is 93.8 cm³/mol. The average Bonchev–Trinajstić information content (AvgIpc) is 2.95. The molecule has 0 radical (unpaired) electrons. The molecule has 0 saturated heterocycles. The Kier molecular flexibility index (Phi) is 4.29. The number of nitro benzene ring substituents is 1. The molecule has 0 bridgehead atoms. The van der Waals surface area contributed by atoms with Gasteiger partial charge in [0.05, 0.1) is 10.6 Å². The maximum atomic E-state index is 11.2. The molecule has 0 saturated carbocycles. The van der Waals surface area contributed by atoms with Gasteiger partial charge in [0.1, 0.15) is 5.69 Å². The number of benzene rings is 2. The van der Waals surface area contributed by atoms with Gasteiger partial charge in [-0.2, -0.15) is 5.10 Å². The van der Waals surface area contributed by atoms with Crippen LogP contribution in [0.5, 0.6) is 0 Å². The van der Waals surface area contributed by atoms with Gasteiger partial charge in [0.25, 0.3) is 5.69 Å². The number of nitro groups is 1. The highest BCUT2D eigenvalue weighted by atomic mass is 16.6. The van der Waals surface area contributed by atoms with Crippen molar-refractivity contribution in [2.75, 3.05) is 5.32 Å². The molecule has 6 nitrogen and oxygen atoms in total. The Balaban J connectivity index is 1.91. The first-order valence-corrected chi connectivity index (χ1v) is 7.62. The molecule has 0 aliphatic rings. The van der Waals surface area contributed by atoms with E-state index in [0.29, 0.717) is 12.2 Å². The second kappa shape index (κ2) is 6.54. The number of rotatable bonds is 5. The normalized spacial score (nSPS) is 10.6. The Morgan fingerprint density at radius 3 is 2.62 bits per heavy atom.